The van der Waals surface area contributed by atoms with E-state index in [9.17, 15) is 0 Å². The van der Waals surface area contributed by atoms with Crippen LogP contribution in [0.1, 0.15) is 26.6 Å². The Morgan fingerprint density at radius 1 is 1.16 bits per heavy atom. The van der Waals surface area contributed by atoms with Gasteiger partial charge in [0, 0.05) is 35.8 Å². The minimum absolute atomic E-state index is 0.112. The number of nitrogens with zero attached hydrogens (tertiary/aromatic N) is 4. The van der Waals surface area contributed by atoms with Gasteiger partial charge in [0.1, 0.15) is 5.82 Å². The number of aromatic nitrogens is 4. The Bertz CT molecular complexity index is 867. The Hall–Kier alpha value is -2.18. The first kappa shape index (κ1) is 16.3. The third-order valence-electron chi connectivity index (χ3n) is 4.61. The number of hydrogen-bond acceptors (Lipinski definition) is 4. The van der Waals surface area contributed by atoms with Crippen molar-refractivity contribution in [1.29, 1.82) is 0 Å². The van der Waals surface area contributed by atoms with E-state index >= 15 is 0 Å². The van der Waals surface area contributed by atoms with E-state index < -0.39 is 0 Å². The van der Waals surface area contributed by atoms with E-state index in [0.717, 1.165) is 61.0 Å². The minimum atomic E-state index is -0.112. The average Bonchev–Trinajstić information content (AvgIpc) is 3.19. The number of nitrogens with one attached hydrogen (secondary N) is 1. The summed E-state index contributed by atoms with van der Waals surface area (Å²) in [6, 6.07) is 8.28. The van der Waals surface area contributed by atoms with Gasteiger partial charge in [-0.05, 0) is 26.8 Å². The molecule has 0 aliphatic carbocycles. The summed E-state index contributed by atoms with van der Waals surface area (Å²) in [6.45, 7) is 10.8. The second kappa shape index (κ2) is 6.28. The molecule has 1 N–H and O–H groups in total. The Labute approximate surface area is 147 Å². The van der Waals surface area contributed by atoms with Crippen molar-refractivity contribution in [2.45, 2.75) is 32.9 Å². The maximum atomic E-state index is 5.46. The molecule has 1 aliphatic heterocycles. The molecule has 0 saturated carbocycles. The van der Waals surface area contributed by atoms with Crippen molar-refractivity contribution in [1.82, 2.24) is 24.6 Å². The van der Waals surface area contributed by atoms with Gasteiger partial charge in [0.15, 0.2) is 5.82 Å². The van der Waals surface area contributed by atoms with Crippen molar-refractivity contribution >= 4 is 10.9 Å². The summed E-state index contributed by atoms with van der Waals surface area (Å²) in [5.74, 6) is 1.80. The number of H-pyrrole nitrogens is 1. The molecule has 1 aromatic carbocycles. The highest BCUT2D eigenvalue weighted by atomic mass is 16.5. The fourth-order valence-electron chi connectivity index (χ4n) is 3.31. The molecule has 1 fully saturated rings. The Balaban J connectivity index is 1.74. The molecule has 0 atom stereocenters. The van der Waals surface area contributed by atoms with Crippen LogP contribution in [0.3, 0.4) is 0 Å². The molecule has 0 radical (unpaired) electrons. The van der Waals surface area contributed by atoms with Crippen LogP contribution in [0.4, 0.5) is 0 Å². The fraction of sp³-hybridized carbons (Fsp3) is 0.474. The predicted molar refractivity (Wildman–Crippen MR) is 98.4 cm³/mol. The van der Waals surface area contributed by atoms with Crippen molar-refractivity contribution in [3.05, 3.63) is 36.3 Å². The lowest BCUT2D eigenvalue weighted by Crippen LogP contribution is -2.37. The van der Waals surface area contributed by atoms with E-state index in [1.54, 1.807) is 0 Å². The lowest BCUT2D eigenvalue weighted by molar-refractivity contribution is 0.0318. The molecule has 2 aromatic heterocycles. The molecular formula is C19H25N5O. The van der Waals surface area contributed by atoms with E-state index in [2.05, 4.69) is 53.5 Å². The number of morpholine rings is 1. The van der Waals surface area contributed by atoms with Crippen LogP contribution in [-0.4, -0.2) is 51.0 Å². The zero-order valence-electron chi connectivity index (χ0n) is 15.1. The van der Waals surface area contributed by atoms with Gasteiger partial charge >= 0.3 is 0 Å². The molecular weight excluding hydrogens is 314 g/mol. The summed E-state index contributed by atoms with van der Waals surface area (Å²) in [6.07, 6.45) is 2.01. The van der Waals surface area contributed by atoms with E-state index in [4.69, 9.17) is 14.8 Å². The number of para-hydroxylation sites is 1. The van der Waals surface area contributed by atoms with E-state index in [1.165, 1.54) is 0 Å². The van der Waals surface area contributed by atoms with Crippen LogP contribution in [-0.2, 0) is 16.8 Å². The maximum Gasteiger partial charge on any atom is 0.183 e. The van der Waals surface area contributed by atoms with E-state index in [0.29, 0.717) is 0 Å². The first-order valence-corrected chi connectivity index (χ1v) is 8.85. The third kappa shape index (κ3) is 3.19. The highest BCUT2D eigenvalue weighted by molar-refractivity contribution is 5.93. The number of aromatic amines is 1. The van der Waals surface area contributed by atoms with Gasteiger partial charge in [-0.1, -0.05) is 18.2 Å². The molecule has 1 aliphatic rings. The normalized spacial score (nSPS) is 16.6. The van der Waals surface area contributed by atoms with Crippen LogP contribution in [0.5, 0.6) is 0 Å². The average molecular weight is 339 g/mol. The summed E-state index contributed by atoms with van der Waals surface area (Å²) >= 11 is 0. The second-order valence-corrected chi connectivity index (χ2v) is 7.57. The molecule has 3 heterocycles. The second-order valence-electron chi connectivity index (χ2n) is 7.57. The van der Waals surface area contributed by atoms with Gasteiger partial charge in [0.2, 0.25) is 0 Å². The number of fused-ring (bicyclic) bond motifs is 1. The topological polar surface area (TPSA) is 59.0 Å². The standard InChI is InChI=1S/C19H25N5O/c1-19(2,3)24-17(13-23-8-10-25-11-9-23)21-18(22-24)15-12-20-16-7-5-4-6-14(15)16/h4-7,12,20H,8-11,13H2,1-3H3. The van der Waals surface area contributed by atoms with E-state index in [-0.39, 0.29) is 5.54 Å². The molecule has 6 heteroatoms. The van der Waals surface area contributed by atoms with Crippen molar-refractivity contribution in [2.75, 3.05) is 26.3 Å². The number of benzene rings is 1. The monoisotopic (exact) mass is 339 g/mol. The predicted octanol–water partition coefficient (Wildman–Crippen LogP) is 3.01. The van der Waals surface area contributed by atoms with Crippen LogP contribution < -0.4 is 0 Å². The van der Waals surface area contributed by atoms with Gasteiger partial charge in [-0.15, -0.1) is 0 Å². The van der Waals surface area contributed by atoms with Gasteiger partial charge in [-0.3, -0.25) is 4.90 Å². The molecule has 1 saturated heterocycles. The first-order valence-electron chi connectivity index (χ1n) is 8.85. The lowest BCUT2D eigenvalue weighted by atomic mass is 10.1. The van der Waals surface area contributed by atoms with E-state index in [1.807, 2.05) is 12.3 Å². The molecule has 3 aromatic rings. The Kier molecular flexibility index (Phi) is 4.09. The number of rotatable bonds is 3. The van der Waals surface area contributed by atoms with Gasteiger partial charge in [0.25, 0.3) is 0 Å². The smallest absolute Gasteiger partial charge is 0.183 e. The van der Waals surface area contributed by atoms with Crippen LogP contribution >= 0.6 is 0 Å². The third-order valence-corrected chi connectivity index (χ3v) is 4.61. The molecule has 132 valence electrons. The Morgan fingerprint density at radius 3 is 2.68 bits per heavy atom. The van der Waals surface area contributed by atoms with Gasteiger partial charge < -0.3 is 9.72 Å². The minimum Gasteiger partial charge on any atom is -0.379 e. The summed E-state index contributed by atoms with van der Waals surface area (Å²) in [5.41, 5.74) is 2.06. The largest absolute Gasteiger partial charge is 0.379 e. The van der Waals surface area contributed by atoms with Gasteiger partial charge in [-0.25, -0.2) is 9.67 Å². The highest BCUT2D eigenvalue weighted by Crippen LogP contribution is 2.28. The summed E-state index contributed by atoms with van der Waals surface area (Å²) < 4.78 is 7.53. The molecule has 6 nitrogen and oxygen atoms in total. The fourth-order valence-corrected chi connectivity index (χ4v) is 3.31. The molecule has 0 spiro atoms. The lowest BCUT2D eigenvalue weighted by Gasteiger charge is -2.28. The summed E-state index contributed by atoms with van der Waals surface area (Å²) in [4.78, 5) is 10.6. The SMILES string of the molecule is CC(C)(C)n1nc(-c2c[nH]c3ccccc23)nc1CN1CCOCC1. The molecule has 25 heavy (non-hydrogen) atoms. The quantitative estimate of drug-likeness (QED) is 0.797. The molecule has 0 unspecified atom stereocenters. The van der Waals surface area contributed by atoms with Gasteiger partial charge in [-0.2, -0.15) is 5.10 Å². The zero-order valence-corrected chi connectivity index (χ0v) is 15.1. The molecule has 0 amide bonds. The summed E-state index contributed by atoms with van der Waals surface area (Å²) in [5, 5.41) is 6.03. The van der Waals surface area contributed by atoms with Gasteiger partial charge in [0.05, 0.1) is 25.3 Å². The molecule has 4 rings (SSSR count). The van der Waals surface area contributed by atoms with Crippen LogP contribution in [0.2, 0.25) is 0 Å². The number of ether oxygens (including phenoxy) is 1. The maximum absolute atomic E-state index is 5.46. The van der Waals surface area contributed by atoms with Crippen molar-refractivity contribution in [2.24, 2.45) is 0 Å². The number of hydrogen-bond donors (Lipinski definition) is 1. The first-order chi connectivity index (χ1) is 12.0. The van der Waals surface area contributed by atoms with Crippen molar-refractivity contribution in [3.63, 3.8) is 0 Å². The van der Waals surface area contributed by atoms with Crippen LogP contribution in [0.15, 0.2) is 30.5 Å². The Morgan fingerprint density at radius 2 is 1.92 bits per heavy atom. The highest BCUT2D eigenvalue weighted by Gasteiger charge is 2.24. The van der Waals surface area contributed by atoms with Crippen molar-refractivity contribution < 1.29 is 4.74 Å². The molecule has 0 bridgehead atoms. The summed E-state index contributed by atoms with van der Waals surface area (Å²) in [7, 11) is 0. The van der Waals surface area contributed by atoms with Crippen molar-refractivity contribution in [3.8, 4) is 11.4 Å². The van der Waals surface area contributed by atoms with Crippen LogP contribution in [0, 0.1) is 0 Å². The van der Waals surface area contributed by atoms with Crippen LogP contribution in [0.25, 0.3) is 22.3 Å². The zero-order chi connectivity index (χ0) is 17.4.